The van der Waals surface area contributed by atoms with E-state index in [0.717, 1.165) is 19.9 Å². The number of halogens is 1. The van der Waals surface area contributed by atoms with Gasteiger partial charge in [-0.15, -0.1) is 24.0 Å². The molecule has 4 heteroatoms. The summed E-state index contributed by atoms with van der Waals surface area (Å²) in [6.07, 6.45) is 0. The zero-order valence-electron chi connectivity index (χ0n) is 6.62. The minimum Gasteiger partial charge on any atom is -0.391 e. The lowest BCUT2D eigenvalue weighted by molar-refractivity contribution is 0.283. The van der Waals surface area contributed by atoms with Crippen molar-refractivity contribution >= 4 is 45.7 Å². The molecule has 0 aliphatic carbocycles. The zero-order chi connectivity index (χ0) is 9.42. The van der Waals surface area contributed by atoms with Gasteiger partial charge in [0, 0.05) is 24.9 Å². The van der Waals surface area contributed by atoms with Crippen LogP contribution in [0.3, 0.4) is 0 Å². The summed E-state index contributed by atoms with van der Waals surface area (Å²) in [6, 6.07) is 5.65. The largest absolute Gasteiger partial charge is 0.391 e. The summed E-state index contributed by atoms with van der Waals surface area (Å²) in [5, 5.41) is 10.8. The molecule has 0 radical (unpaired) electrons. The molecule has 0 unspecified atom stereocenters. The minimum absolute atomic E-state index is 0.0375. The van der Waals surface area contributed by atoms with Crippen molar-refractivity contribution < 1.29 is 5.11 Å². The van der Waals surface area contributed by atoms with Gasteiger partial charge in [-0.1, -0.05) is 17.7 Å². The van der Waals surface area contributed by atoms with E-state index in [1.807, 2.05) is 18.2 Å². The molecule has 68 valence electrons. The van der Waals surface area contributed by atoms with Crippen molar-refractivity contribution in [3.63, 3.8) is 0 Å². The van der Waals surface area contributed by atoms with E-state index in [1.54, 1.807) is 0 Å². The molecule has 0 aliphatic rings. The lowest BCUT2D eigenvalue weighted by Crippen LogP contribution is -1.75. The molecule has 2 aromatic rings. The van der Waals surface area contributed by atoms with Gasteiger partial charge in [0.1, 0.15) is 0 Å². The zero-order valence-corrected chi connectivity index (χ0v) is 9.09. The van der Waals surface area contributed by atoms with Crippen molar-refractivity contribution in [2.24, 2.45) is 0 Å². The van der Waals surface area contributed by atoms with Crippen LogP contribution in [-0.2, 0) is 6.61 Å². The Kier molecular flexibility index (Phi) is 2.51. The number of benzene rings is 1. The number of thiol groups is 1. The van der Waals surface area contributed by atoms with Crippen molar-refractivity contribution in [2.75, 3.05) is 0 Å². The van der Waals surface area contributed by atoms with Crippen LogP contribution in [0.1, 0.15) is 4.88 Å². The summed E-state index contributed by atoms with van der Waals surface area (Å²) in [4.78, 5) is 1.75. The molecule has 2 rings (SSSR count). The fourth-order valence-electron chi connectivity index (χ4n) is 1.21. The first kappa shape index (κ1) is 9.34. The molecular formula is C9H7ClOS2. The van der Waals surface area contributed by atoms with Gasteiger partial charge in [-0.3, -0.25) is 0 Å². The Morgan fingerprint density at radius 3 is 2.92 bits per heavy atom. The lowest BCUT2D eigenvalue weighted by atomic mass is 10.2. The maximum absolute atomic E-state index is 9.02. The van der Waals surface area contributed by atoms with Gasteiger partial charge in [0.25, 0.3) is 0 Å². The first-order valence-corrected chi connectivity index (χ1v) is 5.37. The molecule has 1 heterocycles. The van der Waals surface area contributed by atoms with Crippen LogP contribution in [0, 0.1) is 0 Å². The molecule has 0 spiro atoms. The molecule has 0 saturated heterocycles. The van der Waals surface area contributed by atoms with Crippen LogP contribution in [-0.4, -0.2) is 5.11 Å². The Morgan fingerprint density at radius 1 is 1.46 bits per heavy atom. The summed E-state index contributed by atoms with van der Waals surface area (Å²) in [7, 11) is 0. The minimum atomic E-state index is 0.0375. The third-order valence-corrected chi connectivity index (χ3v) is 3.87. The first-order chi connectivity index (χ1) is 6.22. The summed E-state index contributed by atoms with van der Waals surface area (Å²) < 4.78 is 1.07. The van der Waals surface area contributed by atoms with Gasteiger partial charge in [-0.05, 0) is 12.1 Å². The monoisotopic (exact) mass is 230 g/mol. The van der Waals surface area contributed by atoms with Gasteiger partial charge in [0.15, 0.2) is 0 Å². The quantitative estimate of drug-likeness (QED) is 0.720. The molecule has 1 N–H and O–H groups in total. The van der Waals surface area contributed by atoms with E-state index >= 15 is 0 Å². The van der Waals surface area contributed by atoms with Crippen LogP contribution in [0.2, 0.25) is 5.02 Å². The number of thiophene rings is 1. The van der Waals surface area contributed by atoms with E-state index in [4.69, 9.17) is 16.7 Å². The van der Waals surface area contributed by atoms with Crippen molar-refractivity contribution in [2.45, 2.75) is 11.5 Å². The number of aliphatic hydroxyl groups excluding tert-OH is 1. The highest BCUT2D eigenvalue weighted by Crippen LogP contribution is 2.35. The van der Waals surface area contributed by atoms with Gasteiger partial charge in [-0.25, -0.2) is 0 Å². The second-order valence-electron chi connectivity index (χ2n) is 2.67. The Morgan fingerprint density at radius 2 is 2.23 bits per heavy atom. The molecule has 0 saturated carbocycles. The normalized spacial score (nSPS) is 11.0. The predicted molar refractivity (Wildman–Crippen MR) is 60.0 cm³/mol. The second kappa shape index (κ2) is 3.50. The second-order valence-corrected chi connectivity index (χ2v) is 4.69. The highest BCUT2D eigenvalue weighted by atomic mass is 35.5. The van der Waals surface area contributed by atoms with E-state index in [-0.39, 0.29) is 6.61 Å². The fraction of sp³-hybridized carbons (Fsp3) is 0.111. The van der Waals surface area contributed by atoms with E-state index in [0.29, 0.717) is 5.02 Å². The number of hydrogen-bond acceptors (Lipinski definition) is 3. The SMILES string of the molecule is OCc1sc2cc(Cl)ccc2c1S. The van der Waals surface area contributed by atoms with Crippen LogP contribution in [0.5, 0.6) is 0 Å². The Balaban J connectivity index is 2.76. The third kappa shape index (κ3) is 1.57. The topological polar surface area (TPSA) is 20.2 Å². The average molecular weight is 231 g/mol. The van der Waals surface area contributed by atoms with Gasteiger partial charge in [0.05, 0.1) is 6.61 Å². The lowest BCUT2D eigenvalue weighted by Gasteiger charge is -1.91. The molecule has 0 atom stereocenters. The van der Waals surface area contributed by atoms with Crippen LogP contribution in [0.4, 0.5) is 0 Å². The van der Waals surface area contributed by atoms with E-state index in [2.05, 4.69) is 12.6 Å². The molecule has 13 heavy (non-hydrogen) atoms. The summed E-state index contributed by atoms with van der Waals surface area (Å²) in [6.45, 7) is 0.0375. The molecule has 1 nitrogen and oxygen atoms in total. The summed E-state index contributed by atoms with van der Waals surface area (Å²) >= 11 is 11.7. The molecular weight excluding hydrogens is 224 g/mol. The number of aliphatic hydroxyl groups is 1. The number of hydrogen-bond donors (Lipinski definition) is 2. The Hall–Kier alpha value is -0.220. The molecule has 0 bridgehead atoms. The standard InChI is InChI=1S/C9H7ClOS2/c10-5-1-2-6-7(3-5)13-8(4-11)9(6)12/h1-3,11-12H,4H2. The van der Waals surface area contributed by atoms with Gasteiger partial charge >= 0.3 is 0 Å². The Labute approximate surface area is 90.4 Å². The summed E-state index contributed by atoms with van der Waals surface area (Å²) in [5.74, 6) is 0. The maximum atomic E-state index is 9.02. The van der Waals surface area contributed by atoms with Crippen molar-refractivity contribution in [3.05, 3.63) is 28.1 Å². The first-order valence-electron chi connectivity index (χ1n) is 3.73. The highest BCUT2D eigenvalue weighted by molar-refractivity contribution is 7.80. The van der Waals surface area contributed by atoms with Crippen LogP contribution in [0.25, 0.3) is 10.1 Å². The van der Waals surface area contributed by atoms with E-state index in [1.165, 1.54) is 11.3 Å². The Bertz CT molecular complexity index is 450. The molecule has 0 fully saturated rings. The molecule has 0 aliphatic heterocycles. The van der Waals surface area contributed by atoms with Crippen molar-refractivity contribution in [3.8, 4) is 0 Å². The smallest absolute Gasteiger partial charge is 0.0786 e. The molecule has 1 aromatic heterocycles. The highest BCUT2D eigenvalue weighted by Gasteiger charge is 2.07. The third-order valence-electron chi connectivity index (χ3n) is 1.84. The number of fused-ring (bicyclic) bond motifs is 1. The van der Waals surface area contributed by atoms with Crippen molar-refractivity contribution in [1.82, 2.24) is 0 Å². The van der Waals surface area contributed by atoms with Gasteiger partial charge < -0.3 is 5.11 Å². The van der Waals surface area contributed by atoms with Crippen LogP contribution >= 0.6 is 35.6 Å². The maximum Gasteiger partial charge on any atom is 0.0786 e. The number of rotatable bonds is 1. The van der Waals surface area contributed by atoms with Crippen molar-refractivity contribution in [1.29, 1.82) is 0 Å². The van der Waals surface area contributed by atoms with Gasteiger partial charge in [-0.2, -0.15) is 0 Å². The molecule has 0 amide bonds. The van der Waals surface area contributed by atoms with E-state index < -0.39 is 0 Å². The molecule has 1 aromatic carbocycles. The van der Waals surface area contributed by atoms with Crippen LogP contribution < -0.4 is 0 Å². The average Bonchev–Trinajstić information content (AvgIpc) is 2.42. The fourth-order valence-corrected chi connectivity index (χ4v) is 2.93. The van der Waals surface area contributed by atoms with Crippen LogP contribution in [0.15, 0.2) is 23.1 Å². The van der Waals surface area contributed by atoms with E-state index in [9.17, 15) is 0 Å². The summed E-state index contributed by atoms with van der Waals surface area (Å²) in [5.41, 5.74) is 0. The predicted octanol–water partition coefficient (Wildman–Crippen LogP) is 3.34. The van der Waals surface area contributed by atoms with Gasteiger partial charge in [0.2, 0.25) is 0 Å².